The predicted octanol–water partition coefficient (Wildman–Crippen LogP) is 4.39. The number of hydrogen-bond acceptors (Lipinski definition) is 4. The van der Waals surface area contributed by atoms with Gasteiger partial charge in [0.1, 0.15) is 11.6 Å². The van der Waals surface area contributed by atoms with E-state index in [2.05, 4.69) is 23.1 Å². The number of para-hydroxylation sites is 1. The van der Waals surface area contributed by atoms with E-state index in [1.807, 2.05) is 48.5 Å². The van der Waals surface area contributed by atoms with Crippen LogP contribution in [0.25, 0.3) is 0 Å². The van der Waals surface area contributed by atoms with E-state index in [1.165, 1.54) is 0 Å². The molecule has 0 amide bonds. The Morgan fingerprint density at radius 2 is 1.68 bits per heavy atom. The number of hydrogen-bond donors (Lipinski definition) is 0. The van der Waals surface area contributed by atoms with Crippen molar-refractivity contribution in [1.82, 2.24) is 0 Å². The third-order valence-corrected chi connectivity index (χ3v) is 4.98. The van der Waals surface area contributed by atoms with Crippen LogP contribution in [-0.4, -0.2) is 17.2 Å². The summed E-state index contributed by atoms with van der Waals surface area (Å²) in [6.07, 6.45) is 0. The van der Waals surface area contributed by atoms with Crippen LogP contribution < -0.4 is 4.90 Å². The van der Waals surface area contributed by atoms with Crippen LogP contribution in [0.5, 0.6) is 0 Å². The van der Waals surface area contributed by atoms with Gasteiger partial charge in [-0.3, -0.25) is 0 Å². The minimum atomic E-state index is 0.590. The number of benzene rings is 2. The Bertz CT molecular complexity index is 746. The Labute approximate surface area is 140 Å². The standard InChI is InChI=1S/C18H14N2S2/c19-13-16(17(21)14-7-3-1-4-8-14)18-20(11-12-22-18)15-9-5-2-6-10-15/h1-10H,11-12H2/b18-16+. The van der Waals surface area contributed by atoms with Crippen molar-refractivity contribution in [3.63, 3.8) is 0 Å². The molecule has 0 aromatic heterocycles. The number of nitriles is 1. The lowest BCUT2D eigenvalue weighted by Gasteiger charge is -2.20. The van der Waals surface area contributed by atoms with Crippen LogP contribution in [-0.2, 0) is 0 Å². The smallest absolute Gasteiger partial charge is 0.103 e. The van der Waals surface area contributed by atoms with Crippen LogP contribution in [0.3, 0.4) is 0 Å². The molecule has 0 saturated carbocycles. The number of anilines is 1. The molecule has 0 N–H and O–H groups in total. The Morgan fingerprint density at radius 1 is 1.05 bits per heavy atom. The highest BCUT2D eigenvalue weighted by Crippen LogP contribution is 2.35. The van der Waals surface area contributed by atoms with E-state index in [4.69, 9.17) is 12.2 Å². The summed E-state index contributed by atoms with van der Waals surface area (Å²) >= 11 is 7.26. The topological polar surface area (TPSA) is 27.0 Å². The normalized spacial score (nSPS) is 16.2. The van der Waals surface area contributed by atoms with Gasteiger partial charge in [0.15, 0.2) is 0 Å². The van der Waals surface area contributed by atoms with Crippen LogP contribution in [0, 0.1) is 11.3 Å². The summed E-state index contributed by atoms with van der Waals surface area (Å²) in [7, 11) is 0. The van der Waals surface area contributed by atoms with Crippen LogP contribution in [0.2, 0.25) is 0 Å². The third kappa shape index (κ3) is 2.92. The van der Waals surface area contributed by atoms with E-state index in [0.29, 0.717) is 10.4 Å². The molecule has 1 aliphatic rings. The summed E-state index contributed by atoms with van der Waals surface area (Å²) in [5, 5.41) is 10.6. The average molecular weight is 322 g/mol. The van der Waals surface area contributed by atoms with Crippen LogP contribution in [0.15, 0.2) is 71.3 Å². The largest absolute Gasteiger partial charge is 0.334 e. The second-order valence-electron chi connectivity index (χ2n) is 4.82. The molecule has 2 aromatic rings. The molecule has 108 valence electrons. The quantitative estimate of drug-likeness (QED) is 0.362. The van der Waals surface area contributed by atoms with Gasteiger partial charge in [-0.05, 0) is 17.7 Å². The second-order valence-corrected chi connectivity index (χ2v) is 6.31. The maximum atomic E-state index is 9.65. The van der Waals surface area contributed by atoms with Gasteiger partial charge in [0.25, 0.3) is 0 Å². The van der Waals surface area contributed by atoms with Crippen LogP contribution in [0.4, 0.5) is 5.69 Å². The van der Waals surface area contributed by atoms with Gasteiger partial charge in [0, 0.05) is 18.0 Å². The first-order valence-corrected chi connectivity index (χ1v) is 8.40. The monoisotopic (exact) mass is 322 g/mol. The van der Waals surface area contributed by atoms with Gasteiger partial charge in [-0.1, -0.05) is 60.7 Å². The van der Waals surface area contributed by atoms with E-state index in [9.17, 15) is 5.26 Å². The van der Waals surface area contributed by atoms with Crippen molar-refractivity contribution >= 4 is 34.5 Å². The van der Waals surface area contributed by atoms with Crippen molar-refractivity contribution in [2.24, 2.45) is 0 Å². The number of thiocarbonyl (C=S) groups is 1. The maximum Gasteiger partial charge on any atom is 0.103 e. The molecule has 2 aromatic carbocycles. The van der Waals surface area contributed by atoms with E-state index < -0.39 is 0 Å². The number of nitrogens with zero attached hydrogens (tertiary/aromatic N) is 2. The number of rotatable bonds is 3. The minimum absolute atomic E-state index is 0.590. The van der Waals surface area contributed by atoms with Crippen LogP contribution in [0.1, 0.15) is 5.56 Å². The zero-order chi connectivity index (χ0) is 15.4. The Morgan fingerprint density at radius 3 is 2.32 bits per heavy atom. The summed E-state index contributed by atoms with van der Waals surface area (Å²) in [4.78, 5) is 2.80. The molecule has 0 spiro atoms. The zero-order valence-electron chi connectivity index (χ0n) is 11.9. The molecule has 1 saturated heterocycles. The molecule has 2 nitrogen and oxygen atoms in total. The highest BCUT2D eigenvalue weighted by molar-refractivity contribution is 8.03. The Kier molecular flexibility index (Phi) is 4.57. The van der Waals surface area contributed by atoms with Crippen molar-refractivity contribution in [2.75, 3.05) is 17.2 Å². The first-order valence-electron chi connectivity index (χ1n) is 7.01. The summed E-state index contributed by atoms with van der Waals surface area (Å²) in [5.41, 5.74) is 2.61. The molecule has 22 heavy (non-hydrogen) atoms. The SMILES string of the molecule is N#C/C(C(=S)c1ccccc1)=C1\SCCN1c1ccccc1. The molecule has 0 atom stereocenters. The molecule has 0 unspecified atom stereocenters. The Balaban J connectivity index is 2.02. The third-order valence-electron chi connectivity index (χ3n) is 3.46. The lowest BCUT2D eigenvalue weighted by atomic mass is 10.1. The molecular weight excluding hydrogens is 308 g/mol. The highest BCUT2D eigenvalue weighted by Gasteiger charge is 2.25. The molecule has 1 fully saturated rings. The van der Waals surface area contributed by atoms with Gasteiger partial charge < -0.3 is 4.90 Å². The van der Waals surface area contributed by atoms with E-state index in [-0.39, 0.29) is 0 Å². The average Bonchev–Trinajstić information content (AvgIpc) is 3.06. The predicted molar refractivity (Wildman–Crippen MR) is 97.0 cm³/mol. The zero-order valence-corrected chi connectivity index (χ0v) is 13.5. The van der Waals surface area contributed by atoms with Crippen molar-refractivity contribution in [1.29, 1.82) is 5.26 Å². The second kappa shape index (κ2) is 6.78. The minimum Gasteiger partial charge on any atom is -0.334 e. The van der Waals surface area contributed by atoms with Gasteiger partial charge >= 0.3 is 0 Å². The number of thioether (sulfide) groups is 1. The van der Waals surface area contributed by atoms with Crippen molar-refractivity contribution in [3.8, 4) is 6.07 Å². The molecule has 3 rings (SSSR count). The Hall–Kier alpha value is -2.09. The molecular formula is C18H14N2S2. The molecule has 0 radical (unpaired) electrons. The van der Waals surface area contributed by atoms with Crippen molar-refractivity contribution < 1.29 is 0 Å². The van der Waals surface area contributed by atoms with E-state index >= 15 is 0 Å². The van der Waals surface area contributed by atoms with Gasteiger partial charge in [0.05, 0.1) is 9.89 Å². The lowest BCUT2D eigenvalue weighted by molar-refractivity contribution is 1.04. The van der Waals surface area contributed by atoms with Crippen LogP contribution >= 0.6 is 24.0 Å². The van der Waals surface area contributed by atoms with Gasteiger partial charge in [-0.15, -0.1) is 11.8 Å². The molecule has 1 aliphatic heterocycles. The molecule has 4 heteroatoms. The van der Waals surface area contributed by atoms with Crippen molar-refractivity contribution in [2.45, 2.75) is 0 Å². The summed E-state index contributed by atoms with van der Waals surface area (Å²) < 4.78 is 0. The molecule has 0 aliphatic carbocycles. The molecule has 1 heterocycles. The first kappa shape index (κ1) is 14.8. The maximum absolute atomic E-state index is 9.65. The summed E-state index contributed by atoms with van der Waals surface area (Å²) in [5.74, 6) is 0.965. The van der Waals surface area contributed by atoms with E-state index in [1.54, 1.807) is 11.8 Å². The fraction of sp³-hybridized carbons (Fsp3) is 0.111. The van der Waals surface area contributed by atoms with Gasteiger partial charge in [-0.25, -0.2) is 0 Å². The summed E-state index contributed by atoms with van der Waals surface area (Å²) in [6.45, 7) is 0.895. The van der Waals surface area contributed by atoms with Gasteiger partial charge in [0.2, 0.25) is 0 Å². The fourth-order valence-corrected chi connectivity index (χ4v) is 3.86. The fourth-order valence-electron chi connectivity index (χ4n) is 2.40. The molecule has 0 bridgehead atoms. The number of allylic oxidation sites excluding steroid dienone is 1. The van der Waals surface area contributed by atoms with Gasteiger partial charge in [-0.2, -0.15) is 5.26 Å². The lowest BCUT2D eigenvalue weighted by Crippen LogP contribution is -2.19. The first-order chi connectivity index (χ1) is 10.8. The van der Waals surface area contributed by atoms with Crippen molar-refractivity contribution in [3.05, 3.63) is 76.8 Å². The van der Waals surface area contributed by atoms with E-state index in [0.717, 1.165) is 28.6 Å². The summed E-state index contributed by atoms with van der Waals surface area (Å²) in [6, 6.07) is 22.2. The highest BCUT2D eigenvalue weighted by atomic mass is 32.2.